The summed E-state index contributed by atoms with van der Waals surface area (Å²) in [5.41, 5.74) is 4.62. The van der Waals surface area contributed by atoms with Crippen molar-refractivity contribution in [2.24, 2.45) is 0 Å². The molecule has 0 fully saturated rings. The van der Waals surface area contributed by atoms with E-state index in [1.165, 1.54) is 11.1 Å². The van der Waals surface area contributed by atoms with Crippen LogP contribution in [0.1, 0.15) is 70.4 Å². The van der Waals surface area contributed by atoms with Gasteiger partial charge in [0, 0.05) is 50.5 Å². The predicted octanol–water partition coefficient (Wildman–Crippen LogP) is 5.20. The summed E-state index contributed by atoms with van der Waals surface area (Å²) in [6.07, 6.45) is 0.604. The van der Waals surface area contributed by atoms with E-state index < -0.39 is 20.7 Å². The Hall–Kier alpha value is -3.59. The lowest BCUT2D eigenvalue weighted by Crippen LogP contribution is -2.43. The van der Waals surface area contributed by atoms with Crippen molar-refractivity contribution in [1.29, 1.82) is 0 Å². The maximum absolute atomic E-state index is 12.8. The minimum Gasteiger partial charge on any atom is -0.449 e. The number of benzene rings is 2. The van der Waals surface area contributed by atoms with Crippen molar-refractivity contribution in [3.63, 3.8) is 0 Å². The highest BCUT2D eigenvalue weighted by molar-refractivity contribution is 7.44. The number of alkyl carbamates (subject to hydrolysis) is 1. The van der Waals surface area contributed by atoms with Crippen LogP contribution in [0.15, 0.2) is 48.5 Å². The van der Waals surface area contributed by atoms with Gasteiger partial charge in [-0.15, -0.1) is 0 Å². The Bertz CT molecular complexity index is 1330. The first-order chi connectivity index (χ1) is 23.7. The van der Waals surface area contributed by atoms with Crippen LogP contribution in [0.3, 0.4) is 0 Å². The summed E-state index contributed by atoms with van der Waals surface area (Å²) < 4.78 is 20.2. The van der Waals surface area contributed by atoms with Crippen LogP contribution in [0, 0.1) is 6.57 Å². The smallest absolute Gasteiger partial charge is 0.407 e. The molecule has 1 aliphatic rings. The van der Waals surface area contributed by atoms with E-state index in [1.807, 2.05) is 59.0 Å². The van der Waals surface area contributed by atoms with Crippen molar-refractivity contribution in [3.8, 4) is 11.1 Å². The van der Waals surface area contributed by atoms with E-state index in [0.717, 1.165) is 17.7 Å². The molecule has 13 heteroatoms. The zero-order chi connectivity index (χ0) is 35.6. The highest BCUT2D eigenvalue weighted by atomic mass is 31.2. The second-order valence-corrected chi connectivity index (χ2v) is 13.8. The highest BCUT2D eigenvalue weighted by Crippen LogP contribution is 2.47. The number of hydrogen-bond acceptors (Lipinski definition) is 8. The summed E-state index contributed by atoms with van der Waals surface area (Å²) in [5.74, 6) is -0.326. The lowest BCUT2D eigenvalue weighted by Gasteiger charge is -2.37. The summed E-state index contributed by atoms with van der Waals surface area (Å²) in [5, 5.41) is 11.6. The molecule has 0 aliphatic heterocycles. The fourth-order valence-corrected chi connectivity index (χ4v) is 7.41. The quantitative estimate of drug-likeness (QED) is 0.0750. The monoisotopic (exact) mass is 696 g/mol. The van der Waals surface area contributed by atoms with Crippen molar-refractivity contribution in [1.82, 2.24) is 25.9 Å². The molecule has 2 atom stereocenters. The summed E-state index contributed by atoms with van der Waals surface area (Å²) in [6, 6.07) is 16.6. The highest BCUT2D eigenvalue weighted by Gasteiger charge is 2.31. The van der Waals surface area contributed by atoms with Gasteiger partial charge in [-0.3, -0.25) is 9.59 Å². The van der Waals surface area contributed by atoms with Crippen LogP contribution < -0.4 is 21.3 Å². The molecule has 2 unspecified atom stereocenters. The van der Waals surface area contributed by atoms with Gasteiger partial charge < -0.3 is 39.9 Å². The Labute approximate surface area is 292 Å². The van der Waals surface area contributed by atoms with Crippen molar-refractivity contribution >= 4 is 26.4 Å². The van der Waals surface area contributed by atoms with Crippen LogP contribution in [0.5, 0.6) is 0 Å². The fraction of sp³-hybridized carbons (Fsp3) is 0.556. The van der Waals surface area contributed by atoms with Gasteiger partial charge in [-0.25, -0.2) is 16.0 Å². The first-order valence-electron chi connectivity index (χ1n) is 17.1. The van der Waals surface area contributed by atoms with E-state index in [0.29, 0.717) is 19.3 Å². The van der Waals surface area contributed by atoms with Crippen LogP contribution in [-0.2, 0) is 23.4 Å². The van der Waals surface area contributed by atoms with Crippen LogP contribution in [-0.4, -0.2) is 93.8 Å². The maximum atomic E-state index is 12.8. The molecule has 0 heterocycles. The van der Waals surface area contributed by atoms with E-state index >= 15 is 0 Å². The Balaban J connectivity index is 1.48. The van der Waals surface area contributed by atoms with Gasteiger partial charge in [0.1, 0.15) is 19.3 Å². The first kappa shape index (κ1) is 39.8. The average Bonchev–Trinajstić information content (AvgIpc) is 3.40. The number of nitrogens with zero attached hydrogens (tertiary/aromatic N) is 2. The Morgan fingerprint density at radius 3 is 1.94 bits per heavy atom. The number of hydrogen-bond donors (Lipinski definition) is 4. The van der Waals surface area contributed by atoms with Gasteiger partial charge in [-0.05, 0) is 76.4 Å². The van der Waals surface area contributed by atoms with E-state index in [1.54, 1.807) is 0 Å². The summed E-state index contributed by atoms with van der Waals surface area (Å²) in [7, 11) is 0.271. The molecule has 268 valence electrons. The number of carbonyl (C=O) groups excluding carboxylic acids is 3. The molecule has 0 bridgehead atoms. The number of fused-ring (bicyclic) bond motifs is 3. The summed E-state index contributed by atoms with van der Waals surface area (Å²) in [4.78, 5) is 41.2. The molecule has 3 amide bonds. The normalized spacial score (nSPS) is 13.4. The second kappa shape index (κ2) is 21.5. The fourth-order valence-electron chi connectivity index (χ4n) is 5.71. The zero-order valence-electron chi connectivity index (χ0n) is 29.5. The van der Waals surface area contributed by atoms with Gasteiger partial charge in [0.2, 0.25) is 18.4 Å². The molecule has 0 saturated carbocycles. The zero-order valence-corrected chi connectivity index (χ0v) is 30.4. The molecular formula is C36H53N6O6P. The SMILES string of the molecule is [C-]#[N+]CCOP(OC(CNC(=O)CCCNC)CNC(=O)CCCNC(=O)OCC1c2ccccc2-c2ccccc21)N(C(C)C)C(C)C. The minimum absolute atomic E-state index is 0.0236. The molecule has 2 aromatic rings. The molecule has 1 aliphatic carbocycles. The molecule has 2 aromatic carbocycles. The van der Waals surface area contributed by atoms with E-state index in [4.69, 9.17) is 20.4 Å². The number of nitrogens with one attached hydrogen (secondary N) is 4. The number of carbonyl (C=O) groups is 3. The van der Waals surface area contributed by atoms with Gasteiger partial charge in [0.25, 0.3) is 8.53 Å². The largest absolute Gasteiger partial charge is 0.449 e. The van der Waals surface area contributed by atoms with Gasteiger partial charge in [-0.1, -0.05) is 48.5 Å². The van der Waals surface area contributed by atoms with Gasteiger partial charge in [0.15, 0.2) is 0 Å². The second-order valence-electron chi connectivity index (χ2n) is 12.4. The van der Waals surface area contributed by atoms with Crippen LogP contribution >= 0.6 is 8.53 Å². The topological polar surface area (TPSA) is 135 Å². The van der Waals surface area contributed by atoms with E-state index in [2.05, 4.69) is 55.0 Å². The van der Waals surface area contributed by atoms with Gasteiger partial charge in [-0.2, -0.15) is 0 Å². The van der Waals surface area contributed by atoms with Crippen LogP contribution in [0.2, 0.25) is 0 Å². The van der Waals surface area contributed by atoms with E-state index in [9.17, 15) is 14.4 Å². The standard InChI is InChI=1S/C36H53N6O6P/c1-26(2)42(27(3)4)49(47-22-21-38-6)48-28(23-40-34(43)17-11-19-37-5)24-41-35(44)18-12-20-39-36(45)46-25-33-31-15-9-7-13-29(31)30-14-8-10-16-32(30)33/h7-10,13-16,26-28,33,37H,11-12,17-25H2,1-5H3,(H,39,45)(H,40,43)(H,41,44). The molecule has 0 radical (unpaired) electrons. The number of rotatable bonds is 22. The van der Waals surface area contributed by atoms with Crippen molar-refractivity contribution < 1.29 is 28.2 Å². The molecular weight excluding hydrogens is 643 g/mol. The Kier molecular flexibility index (Phi) is 17.5. The first-order valence-corrected chi connectivity index (χ1v) is 18.3. The van der Waals surface area contributed by atoms with Crippen LogP contribution in [0.4, 0.5) is 4.79 Å². The third-order valence-electron chi connectivity index (χ3n) is 7.97. The predicted molar refractivity (Wildman–Crippen MR) is 193 cm³/mol. The average molecular weight is 697 g/mol. The molecule has 3 rings (SSSR count). The maximum Gasteiger partial charge on any atom is 0.407 e. The molecule has 0 spiro atoms. The summed E-state index contributed by atoms with van der Waals surface area (Å²) in [6.45, 7) is 17.3. The van der Waals surface area contributed by atoms with Gasteiger partial charge >= 0.3 is 6.09 Å². The minimum atomic E-state index is -1.57. The van der Waals surface area contributed by atoms with E-state index in [-0.39, 0.29) is 75.6 Å². The van der Waals surface area contributed by atoms with Crippen molar-refractivity contribution in [2.75, 3.05) is 53.0 Å². The molecule has 0 aromatic heterocycles. The molecule has 49 heavy (non-hydrogen) atoms. The third kappa shape index (κ3) is 13.0. The number of ether oxygens (including phenoxy) is 1. The lowest BCUT2D eigenvalue weighted by atomic mass is 9.98. The Morgan fingerprint density at radius 2 is 1.41 bits per heavy atom. The van der Waals surface area contributed by atoms with Gasteiger partial charge in [0.05, 0.1) is 0 Å². The number of amides is 3. The van der Waals surface area contributed by atoms with Crippen molar-refractivity contribution in [2.45, 2.75) is 77.5 Å². The lowest BCUT2D eigenvalue weighted by molar-refractivity contribution is -0.121. The Morgan fingerprint density at radius 1 is 0.857 bits per heavy atom. The molecule has 4 N–H and O–H groups in total. The third-order valence-corrected chi connectivity index (χ3v) is 10.2. The van der Waals surface area contributed by atoms with Crippen LogP contribution in [0.25, 0.3) is 16.0 Å². The molecule has 12 nitrogen and oxygen atoms in total. The molecule has 0 saturated heterocycles. The van der Waals surface area contributed by atoms with Crippen molar-refractivity contribution in [3.05, 3.63) is 71.1 Å². The summed E-state index contributed by atoms with van der Waals surface area (Å²) >= 11 is 0.